The highest BCUT2D eigenvalue weighted by atomic mass is 79.9. The smallest absolute Gasteiger partial charge is 0.240 e. The number of benzene rings is 2. The molecule has 0 heterocycles. The number of hydrogen-bond donors (Lipinski definition) is 2. The Hall–Kier alpha value is -2.54. The van der Waals surface area contributed by atoms with E-state index < -0.39 is 0 Å². The molecule has 2 N–H and O–H groups in total. The molecule has 124 valence electrons. The van der Waals surface area contributed by atoms with Crippen molar-refractivity contribution in [2.45, 2.75) is 12.8 Å². The lowest BCUT2D eigenvalue weighted by molar-refractivity contribution is -0.124. The third kappa shape index (κ3) is 6.29. The summed E-state index contributed by atoms with van der Waals surface area (Å²) in [6.45, 7) is 0. The van der Waals surface area contributed by atoms with Crippen LogP contribution in [0.4, 0.5) is 10.1 Å². The van der Waals surface area contributed by atoms with Crippen molar-refractivity contribution in [2.24, 2.45) is 5.10 Å². The van der Waals surface area contributed by atoms with E-state index in [0.717, 1.165) is 4.47 Å². The quantitative estimate of drug-likeness (QED) is 0.584. The molecule has 0 atom stereocenters. The first-order valence-electron chi connectivity index (χ1n) is 7.16. The fourth-order valence-electron chi connectivity index (χ4n) is 1.80. The van der Waals surface area contributed by atoms with Crippen LogP contribution in [0.25, 0.3) is 0 Å². The molecule has 0 aromatic heterocycles. The van der Waals surface area contributed by atoms with Gasteiger partial charge in [-0.2, -0.15) is 5.10 Å². The Labute approximate surface area is 147 Å². The third-order valence-electron chi connectivity index (χ3n) is 2.96. The SMILES string of the molecule is O=C(CCC(=O)Nc1cccc(Br)c1)N/N=C/c1ccc(F)cc1. The van der Waals surface area contributed by atoms with Crippen molar-refractivity contribution in [1.82, 2.24) is 5.43 Å². The number of halogens is 2. The lowest BCUT2D eigenvalue weighted by Crippen LogP contribution is -2.20. The molecular weight excluding hydrogens is 377 g/mol. The summed E-state index contributed by atoms with van der Waals surface area (Å²) in [6, 6.07) is 12.9. The fraction of sp³-hybridized carbons (Fsp3) is 0.118. The summed E-state index contributed by atoms with van der Waals surface area (Å²) in [5.41, 5.74) is 3.64. The minimum absolute atomic E-state index is 0.0145. The van der Waals surface area contributed by atoms with E-state index in [-0.39, 0.29) is 30.5 Å². The molecule has 0 aliphatic heterocycles. The van der Waals surface area contributed by atoms with E-state index in [1.54, 1.807) is 18.2 Å². The highest BCUT2D eigenvalue weighted by Crippen LogP contribution is 2.15. The van der Waals surface area contributed by atoms with Crippen LogP contribution in [0.2, 0.25) is 0 Å². The Balaban J connectivity index is 1.72. The van der Waals surface area contributed by atoms with Crippen LogP contribution >= 0.6 is 15.9 Å². The van der Waals surface area contributed by atoms with Crippen LogP contribution in [0.1, 0.15) is 18.4 Å². The summed E-state index contributed by atoms with van der Waals surface area (Å²) in [5, 5.41) is 6.46. The number of rotatable bonds is 6. The van der Waals surface area contributed by atoms with Crippen LogP contribution < -0.4 is 10.7 Å². The maximum Gasteiger partial charge on any atom is 0.240 e. The predicted octanol–water partition coefficient (Wildman–Crippen LogP) is 3.46. The summed E-state index contributed by atoms with van der Waals surface area (Å²) in [6.07, 6.45) is 1.46. The Morgan fingerprint density at radius 2 is 1.79 bits per heavy atom. The first-order valence-corrected chi connectivity index (χ1v) is 7.95. The zero-order valence-corrected chi connectivity index (χ0v) is 14.2. The molecule has 0 unspecified atom stereocenters. The average Bonchev–Trinajstić information content (AvgIpc) is 2.55. The number of carbonyl (C=O) groups is 2. The highest BCUT2D eigenvalue weighted by Gasteiger charge is 2.06. The molecule has 24 heavy (non-hydrogen) atoms. The molecule has 7 heteroatoms. The predicted molar refractivity (Wildman–Crippen MR) is 94.1 cm³/mol. The summed E-state index contributed by atoms with van der Waals surface area (Å²) in [4.78, 5) is 23.4. The molecule has 2 amide bonds. The standard InChI is InChI=1S/C17H15BrFN3O2/c18-13-2-1-3-15(10-13)21-16(23)8-9-17(24)22-20-11-12-4-6-14(19)7-5-12/h1-7,10-11H,8-9H2,(H,21,23)(H,22,24)/b20-11+. The van der Waals surface area contributed by atoms with Crippen LogP contribution in [-0.4, -0.2) is 18.0 Å². The van der Waals surface area contributed by atoms with Crippen LogP contribution in [0.3, 0.4) is 0 Å². The molecule has 0 aliphatic rings. The molecule has 0 bridgehead atoms. The first-order chi connectivity index (χ1) is 11.5. The second-order valence-electron chi connectivity index (χ2n) is 4.90. The summed E-state index contributed by atoms with van der Waals surface area (Å²) in [7, 11) is 0. The number of amides is 2. The third-order valence-corrected chi connectivity index (χ3v) is 3.45. The Morgan fingerprint density at radius 1 is 1.08 bits per heavy atom. The van der Waals surface area contributed by atoms with Crippen molar-refractivity contribution in [3.8, 4) is 0 Å². The molecule has 0 spiro atoms. The van der Waals surface area contributed by atoms with E-state index >= 15 is 0 Å². The van der Waals surface area contributed by atoms with E-state index in [4.69, 9.17) is 0 Å². The van der Waals surface area contributed by atoms with Gasteiger partial charge in [0.05, 0.1) is 6.21 Å². The Bertz CT molecular complexity index is 748. The summed E-state index contributed by atoms with van der Waals surface area (Å²) in [5.74, 6) is -0.976. The molecule has 0 saturated carbocycles. The van der Waals surface area contributed by atoms with Crippen molar-refractivity contribution in [3.05, 3.63) is 64.4 Å². The normalized spacial score (nSPS) is 10.6. The molecule has 0 aliphatic carbocycles. The van der Waals surface area contributed by atoms with Gasteiger partial charge in [-0.1, -0.05) is 34.1 Å². The zero-order valence-electron chi connectivity index (χ0n) is 12.6. The number of hydrazone groups is 1. The number of carbonyl (C=O) groups excluding carboxylic acids is 2. The van der Waals surface area contributed by atoms with Crippen LogP contribution in [0.5, 0.6) is 0 Å². The maximum atomic E-state index is 12.7. The lowest BCUT2D eigenvalue weighted by atomic mass is 10.2. The molecule has 0 radical (unpaired) electrons. The molecular formula is C17H15BrFN3O2. The first kappa shape index (κ1) is 17.8. The van der Waals surface area contributed by atoms with Gasteiger partial charge in [0.1, 0.15) is 5.82 Å². The van der Waals surface area contributed by atoms with E-state index in [9.17, 15) is 14.0 Å². The van der Waals surface area contributed by atoms with Gasteiger partial charge in [-0.3, -0.25) is 9.59 Å². The van der Waals surface area contributed by atoms with E-state index in [2.05, 4.69) is 31.8 Å². The van der Waals surface area contributed by atoms with Crippen molar-refractivity contribution < 1.29 is 14.0 Å². The van der Waals surface area contributed by atoms with Gasteiger partial charge in [-0.15, -0.1) is 0 Å². The van der Waals surface area contributed by atoms with Gasteiger partial charge in [-0.25, -0.2) is 9.82 Å². The van der Waals surface area contributed by atoms with Gasteiger partial charge < -0.3 is 5.32 Å². The van der Waals surface area contributed by atoms with Crippen molar-refractivity contribution in [1.29, 1.82) is 0 Å². The van der Waals surface area contributed by atoms with Crippen molar-refractivity contribution >= 4 is 39.6 Å². The van der Waals surface area contributed by atoms with Crippen molar-refractivity contribution in [3.63, 3.8) is 0 Å². The van der Waals surface area contributed by atoms with Crippen molar-refractivity contribution in [2.75, 3.05) is 5.32 Å². The topological polar surface area (TPSA) is 70.6 Å². The minimum Gasteiger partial charge on any atom is -0.326 e. The van der Waals surface area contributed by atoms with E-state index in [0.29, 0.717) is 11.3 Å². The van der Waals surface area contributed by atoms with Gasteiger partial charge in [0.2, 0.25) is 11.8 Å². The molecule has 0 saturated heterocycles. The van der Waals surface area contributed by atoms with Gasteiger partial charge in [-0.05, 0) is 35.9 Å². The summed E-state index contributed by atoms with van der Waals surface area (Å²) >= 11 is 3.31. The molecule has 2 aromatic rings. The molecule has 2 aromatic carbocycles. The van der Waals surface area contributed by atoms with Gasteiger partial charge in [0.15, 0.2) is 0 Å². The molecule has 5 nitrogen and oxygen atoms in total. The monoisotopic (exact) mass is 391 g/mol. The van der Waals surface area contributed by atoms with E-state index in [1.165, 1.54) is 30.5 Å². The van der Waals surface area contributed by atoms with Gasteiger partial charge in [0.25, 0.3) is 0 Å². The van der Waals surface area contributed by atoms with Crippen LogP contribution in [0.15, 0.2) is 58.1 Å². The van der Waals surface area contributed by atoms with Crippen LogP contribution in [0, 0.1) is 5.82 Å². The second-order valence-corrected chi connectivity index (χ2v) is 5.82. The maximum absolute atomic E-state index is 12.7. The lowest BCUT2D eigenvalue weighted by Gasteiger charge is -2.05. The Kier molecular flexibility index (Phi) is 6.62. The average molecular weight is 392 g/mol. The van der Waals surface area contributed by atoms with Gasteiger partial charge in [0, 0.05) is 23.0 Å². The number of anilines is 1. The second kappa shape index (κ2) is 8.93. The van der Waals surface area contributed by atoms with Gasteiger partial charge >= 0.3 is 0 Å². The van der Waals surface area contributed by atoms with Crippen LogP contribution in [-0.2, 0) is 9.59 Å². The minimum atomic E-state index is -0.377. The molecule has 0 fully saturated rings. The molecule has 2 rings (SSSR count). The number of nitrogens with zero attached hydrogens (tertiary/aromatic N) is 1. The number of hydrogen-bond acceptors (Lipinski definition) is 3. The highest BCUT2D eigenvalue weighted by molar-refractivity contribution is 9.10. The van der Waals surface area contributed by atoms with E-state index in [1.807, 2.05) is 6.07 Å². The number of nitrogens with one attached hydrogen (secondary N) is 2. The largest absolute Gasteiger partial charge is 0.326 e. The Morgan fingerprint density at radius 3 is 2.50 bits per heavy atom. The fourth-order valence-corrected chi connectivity index (χ4v) is 2.20. The summed E-state index contributed by atoms with van der Waals surface area (Å²) < 4.78 is 13.6. The zero-order chi connectivity index (χ0) is 17.4.